The molecule has 0 saturated carbocycles. The third-order valence-electron chi connectivity index (χ3n) is 3.76. The Morgan fingerprint density at radius 3 is 2.48 bits per heavy atom. The fraction of sp³-hybridized carbons (Fsp3) is 0.0476. The van der Waals surface area contributed by atoms with Crippen LogP contribution in [-0.4, -0.2) is 15.8 Å². The van der Waals surface area contributed by atoms with Crippen molar-refractivity contribution in [2.75, 3.05) is 0 Å². The number of aliphatic hydroxyl groups is 1. The molecule has 3 aromatic rings. The molecular formula is C21H14Cl2N2OU. The number of halogens is 2. The van der Waals surface area contributed by atoms with Gasteiger partial charge in [-0.1, -0.05) is 59.1 Å². The zero-order valence-electron chi connectivity index (χ0n) is 14.1. The molecule has 0 aliphatic rings. The minimum Gasteiger partial charge on any atom is -0.854 e. The molecule has 0 spiro atoms. The van der Waals surface area contributed by atoms with E-state index in [1.54, 1.807) is 66.9 Å². The van der Waals surface area contributed by atoms with Crippen molar-refractivity contribution in [1.82, 2.24) is 4.98 Å². The molecule has 1 heterocycles. The van der Waals surface area contributed by atoms with E-state index < -0.39 is 6.10 Å². The van der Waals surface area contributed by atoms with E-state index in [0.29, 0.717) is 26.7 Å². The first kappa shape index (κ1) is 21.9. The summed E-state index contributed by atoms with van der Waals surface area (Å²) in [6, 6.07) is 17.3. The Labute approximate surface area is 192 Å². The molecule has 132 valence electrons. The molecule has 1 unspecified atom stereocenters. The second-order valence-corrected chi connectivity index (χ2v) is 6.41. The van der Waals surface area contributed by atoms with Crippen LogP contribution in [0.3, 0.4) is 0 Å². The quantitative estimate of drug-likeness (QED) is 0.313. The minimum absolute atomic E-state index is 0. The summed E-state index contributed by atoms with van der Waals surface area (Å²) in [4.78, 5) is 4.02. The molecule has 6 heteroatoms. The van der Waals surface area contributed by atoms with Crippen molar-refractivity contribution in [3.63, 3.8) is 0 Å². The van der Waals surface area contributed by atoms with Gasteiger partial charge in [-0.05, 0) is 17.2 Å². The fourth-order valence-electron chi connectivity index (χ4n) is 2.48. The number of nitrogens with zero attached hydrogens (tertiary/aromatic N) is 2. The summed E-state index contributed by atoms with van der Waals surface area (Å²) < 4.78 is 0. The maximum atomic E-state index is 10.8. The van der Waals surface area contributed by atoms with Gasteiger partial charge in [0.15, 0.2) is 0 Å². The normalized spacial score (nSPS) is 12.2. The summed E-state index contributed by atoms with van der Waals surface area (Å²) in [7, 11) is 0. The Hall–Kier alpha value is -1.41. The first-order valence-corrected chi connectivity index (χ1v) is 8.60. The van der Waals surface area contributed by atoms with Gasteiger partial charge >= 0.3 is 31.1 Å². The molecule has 3 nitrogen and oxygen atoms in total. The largest absolute Gasteiger partial charge is 2.00 e. The van der Waals surface area contributed by atoms with Crippen molar-refractivity contribution >= 4 is 28.9 Å². The summed E-state index contributed by atoms with van der Waals surface area (Å²) in [5.74, 6) is 0. The second-order valence-electron chi connectivity index (χ2n) is 5.57. The van der Waals surface area contributed by atoms with Gasteiger partial charge in [-0.2, -0.15) is 0 Å². The molecule has 0 fully saturated rings. The van der Waals surface area contributed by atoms with Crippen molar-refractivity contribution in [3.05, 3.63) is 117 Å². The van der Waals surface area contributed by atoms with E-state index >= 15 is 0 Å². The van der Waals surface area contributed by atoms with Gasteiger partial charge in [-0.3, -0.25) is 4.98 Å². The van der Waals surface area contributed by atoms with Gasteiger partial charge in [0.25, 0.3) is 0 Å². The van der Waals surface area contributed by atoms with Crippen molar-refractivity contribution in [1.29, 1.82) is 0 Å². The van der Waals surface area contributed by atoms with Crippen LogP contribution in [0.5, 0.6) is 0 Å². The third kappa shape index (κ3) is 5.54. The van der Waals surface area contributed by atoms with Crippen LogP contribution in [0.2, 0.25) is 10.0 Å². The van der Waals surface area contributed by atoms with E-state index in [-0.39, 0.29) is 42.4 Å². The topological polar surface area (TPSA) is 55.4 Å². The third-order valence-corrected chi connectivity index (χ3v) is 4.33. The molecule has 1 N–H and O–H groups in total. The maximum Gasteiger partial charge on any atom is 2.00 e. The first-order valence-electron chi connectivity index (χ1n) is 7.85. The standard InChI is InChI=1S/C21H14Cl2N2O.U/c22-16-7-3-5-14(11-16)12-18(21(26)15-6-4-10-25-13-15)20(24)17-8-1-2-9-19(17)23;/h1-11,13,21,26H;/q-2;+2. The van der Waals surface area contributed by atoms with Crippen molar-refractivity contribution in [2.24, 2.45) is 0 Å². The van der Waals surface area contributed by atoms with Gasteiger partial charge in [0.2, 0.25) is 0 Å². The fourth-order valence-corrected chi connectivity index (χ4v) is 2.90. The monoisotopic (exact) mass is 618 g/mol. The summed E-state index contributed by atoms with van der Waals surface area (Å²) in [5, 5.41) is 22.6. The SMILES string of the molecule is [N-]=C(C(=[C-]c1cccc(Cl)c1)C(O)c1cccnc1)c1ccccc1Cl.[U+2]. The molecule has 0 bridgehead atoms. The van der Waals surface area contributed by atoms with Gasteiger partial charge in [0.05, 0.1) is 6.10 Å². The number of hydrogen-bond donors (Lipinski definition) is 1. The molecule has 0 saturated heterocycles. The van der Waals surface area contributed by atoms with Crippen molar-refractivity contribution in [2.45, 2.75) is 6.10 Å². The van der Waals surface area contributed by atoms with Crippen LogP contribution >= 0.6 is 23.2 Å². The molecule has 0 aliphatic carbocycles. The van der Waals surface area contributed by atoms with E-state index in [2.05, 4.69) is 11.1 Å². The summed E-state index contributed by atoms with van der Waals surface area (Å²) in [6.07, 6.45) is 5.05. The van der Waals surface area contributed by atoms with Crippen molar-refractivity contribution < 1.29 is 36.2 Å². The Morgan fingerprint density at radius 2 is 1.81 bits per heavy atom. The Morgan fingerprint density at radius 1 is 1.04 bits per heavy atom. The Balaban J connectivity index is 0.00000261. The molecule has 0 amide bonds. The second kappa shape index (κ2) is 10.2. The number of benzene rings is 2. The molecule has 1 atom stereocenters. The number of rotatable bonds is 5. The predicted molar refractivity (Wildman–Crippen MR) is 105 cm³/mol. The molecule has 2 aromatic carbocycles. The van der Waals surface area contributed by atoms with Crippen LogP contribution in [0.15, 0.2) is 78.6 Å². The average molecular weight is 619 g/mol. The van der Waals surface area contributed by atoms with E-state index in [1.165, 1.54) is 6.20 Å². The van der Waals surface area contributed by atoms with Crippen molar-refractivity contribution in [3.8, 4) is 0 Å². The molecule has 27 heavy (non-hydrogen) atoms. The molecule has 1 aromatic heterocycles. The van der Waals surface area contributed by atoms with E-state index in [4.69, 9.17) is 23.2 Å². The molecule has 0 radical (unpaired) electrons. The first-order chi connectivity index (χ1) is 12.6. The number of pyridine rings is 1. The van der Waals surface area contributed by atoms with Crippen LogP contribution in [-0.2, 0) is 0 Å². The van der Waals surface area contributed by atoms with Crippen LogP contribution in [0, 0.1) is 37.2 Å². The van der Waals surface area contributed by atoms with Crippen LogP contribution in [0.4, 0.5) is 0 Å². The number of hydrogen-bond acceptors (Lipinski definition) is 2. The van der Waals surface area contributed by atoms with Gasteiger partial charge in [-0.15, -0.1) is 35.4 Å². The van der Waals surface area contributed by atoms with Gasteiger partial charge < -0.3 is 10.5 Å². The van der Waals surface area contributed by atoms with Gasteiger partial charge in [0, 0.05) is 23.0 Å². The summed E-state index contributed by atoms with van der Waals surface area (Å²) >= 11 is 12.2. The average Bonchev–Trinajstić information content (AvgIpc) is 2.66. The maximum absolute atomic E-state index is 10.8. The number of aliphatic hydroxyl groups excluding tert-OH is 1. The van der Waals surface area contributed by atoms with E-state index in [0.717, 1.165) is 0 Å². The zero-order chi connectivity index (χ0) is 18.5. The zero-order valence-corrected chi connectivity index (χ0v) is 19.8. The molecule has 3 rings (SSSR count). The van der Waals surface area contributed by atoms with Crippen LogP contribution in [0.1, 0.15) is 22.8 Å². The molecule has 0 aliphatic heterocycles. The Bertz CT molecular complexity index is 961. The molecular weight excluding hydrogens is 605 g/mol. The number of aromatic nitrogens is 1. The smallest absolute Gasteiger partial charge is 0.854 e. The van der Waals surface area contributed by atoms with Gasteiger partial charge in [-0.25, -0.2) is 5.71 Å². The predicted octanol–water partition coefficient (Wildman–Crippen LogP) is 5.26. The van der Waals surface area contributed by atoms with Gasteiger partial charge in [0.1, 0.15) is 0 Å². The van der Waals surface area contributed by atoms with Crippen LogP contribution in [0.25, 0.3) is 5.41 Å². The van der Waals surface area contributed by atoms with Crippen LogP contribution < -0.4 is 0 Å². The Kier molecular flexibility index (Phi) is 8.29. The summed E-state index contributed by atoms with van der Waals surface area (Å²) in [6.45, 7) is 0. The van der Waals surface area contributed by atoms with E-state index in [1.807, 2.05) is 0 Å². The summed E-state index contributed by atoms with van der Waals surface area (Å²) in [5.41, 5.74) is 1.56. The van der Waals surface area contributed by atoms with E-state index in [9.17, 15) is 10.5 Å². The minimum atomic E-state index is -1.14.